The number of aromatic nitrogens is 2. The van der Waals surface area contributed by atoms with Gasteiger partial charge in [0.05, 0.1) is 5.69 Å². The summed E-state index contributed by atoms with van der Waals surface area (Å²) in [4.78, 5) is 0. The second-order valence-electron chi connectivity index (χ2n) is 5.25. The van der Waals surface area contributed by atoms with Gasteiger partial charge in [0, 0.05) is 30.8 Å². The van der Waals surface area contributed by atoms with E-state index in [0.29, 0.717) is 12.0 Å². The van der Waals surface area contributed by atoms with Crippen LogP contribution >= 0.6 is 0 Å². The molecule has 0 saturated carbocycles. The molecule has 1 heterocycles. The average Bonchev–Trinajstić information content (AvgIpc) is 2.76. The van der Waals surface area contributed by atoms with E-state index in [-0.39, 0.29) is 6.04 Å². The van der Waals surface area contributed by atoms with Crippen molar-refractivity contribution in [2.75, 3.05) is 6.54 Å². The Morgan fingerprint density at radius 1 is 1.33 bits per heavy atom. The van der Waals surface area contributed by atoms with E-state index < -0.39 is 11.6 Å². The molecule has 0 aliphatic heterocycles. The summed E-state index contributed by atoms with van der Waals surface area (Å²) in [5, 5.41) is 7.59. The number of benzene rings is 1. The third-order valence-electron chi connectivity index (χ3n) is 3.51. The van der Waals surface area contributed by atoms with Crippen LogP contribution in [0.2, 0.25) is 0 Å². The molecule has 5 heteroatoms. The van der Waals surface area contributed by atoms with Crippen molar-refractivity contribution in [3.63, 3.8) is 0 Å². The Balaban J connectivity index is 2.29. The molecule has 2 aromatic rings. The largest absolute Gasteiger partial charge is 0.310 e. The summed E-state index contributed by atoms with van der Waals surface area (Å²) in [6.07, 6.45) is 1.50. The minimum atomic E-state index is -0.808. The fourth-order valence-corrected chi connectivity index (χ4v) is 2.46. The fourth-order valence-electron chi connectivity index (χ4n) is 2.46. The second-order valence-corrected chi connectivity index (χ2v) is 5.25. The van der Waals surface area contributed by atoms with Crippen molar-refractivity contribution in [1.29, 1.82) is 0 Å². The summed E-state index contributed by atoms with van der Waals surface area (Å²) in [6, 6.07) is 6.02. The van der Waals surface area contributed by atoms with Crippen LogP contribution in [0.1, 0.15) is 36.3 Å². The molecule has 114 valence electrons. The molecule has 1 aromatic carbocycles. The molecule has 2 rings (SSSR count). The molecular formula is C16H21F2N3. The lowest BCUT2D eigenvalue weighted by Gasteiger charge is -2.20. The van der Waals surface area contributed by atoms with Crippen molar-refractivity contribution in [1.82, 2.24) is 15.1 Å². The van der Waals surface area contributed by atoms with E-state index in [1.54, 1.807) is 16.8 Å². The van der Waals surface area contributed by atoms with E-state index >= 15 is 0 Å². The molecule has 21 heavy (non-hydrogen) atoms. The number of rotatable bonds is 6. The fraction of sp³-hybridized carbons (Fsp3) is 0.438. The van der Waals surface area contributed by atoms with Gasteiger partial charge in [-0.25, -0.2) is 8.78 Å². The highest BCUT2D eigenvalue weighted by Gasteiger charge is 2.19. The SMILES string of the molecule is CCCNC(Cc1cc(C)nn1C)c1cccc(F)c1F. The molecule has 1 unspecified atom stereocenters. The first-order chi connectivity index (χ1) is 10.0. The van der Waals surface area contributed by atoms with E-state index in [4.69, 9.17) is 0 Å². The van der Waals surface area contributed by atoms with E-state index in [2.05, 4.69) is 10.4 Å². The maximum absolute atomic E-state index is 14.1. The van der Waals surface area contributed by atoms with Gasteiger partial charge in [0.15, 0.2) is 11.6 Å². The van der Waals surface area contributed by atoms with Gasteiger partial charge in [-0.1, -0.05) is 19.1 Å². The molecule has 0 aliphatic rings. The molecule has 0 fully saturated rings. The zero-order chi connectivity index (χ0) is 15.4. The number of hydrogen-bond donors (Lipinski definition) is 1. The van der Waals surface area contributed by atoms with Crippen LogP contribution in [0.4, 0.5) is 8.78 Å². The standard InChI is InChI=1S/C16H21F2N3/c1-4-8-19-15(10-12-9-11(2)20-21(12)3)13-6-5-7-14(17)16(13)18/h5-7,9,15,19H,4,8,10H2,1-3H3. The van der Waals surface area contributed by atoms with Crippen molar-refractivity contribution >= 4 is 0 Å². The molecule has 3 nitrogen and oxygen atoms in total. The zero-order valence-corrected chi connectivity index (χ0v) is 12.7. The Hall–Kier alpha value is -1.75. The third-order valence-corrected chi connectivity index (χ3v) is 3.51. The van der Waals surface area contributed by atoms with Gasteiger partial charge in [-0.2, -0.15) is 5.10 Å². The van der Waals surface area contributed by atoms with E-state index in [1.807, 2.05) is 27.0 Å². The van der Waals surface area contributed by atoms with Gasteiger partial charge in [0.25, 0.3) is 0 Å². The lowest BCUT2D eigenvalue weighted by atomic mass is 10.0. The Morgan fingerprint density at radius 3 is 2.71 bits per heavy atom. The van der Waals surface area contributed by atoms with Crippen LogP contribution in [-0.2, 0) is 13.5 Å². The van der Waals surface area contributed by atoms with Crippen molar-refractivity contribution in [3.8, 4) is 0 Å². The Bertz CT molecular complexity index is 608. The molecule has 1 atom stereocenters. The van der Waals surface area contributed by atoms with Gasteiger partial charge in [-0.15, -0.1) is 0 Å². The molecule has 1 aromatic heterocycles. The predicted molar refractivity (Wildman–Crippen MR) is 79.0 cm³/mol. The van der Waals surface area contributed by atoms with Gasteiger partial charge in [0.1, 0.15) is 0 Å². The smallest absolute Gasteiger partial charge is 0.163 e. The van der Waals surface area contributed by atoms with Gasteiger partial charge < -0.3 is 5.32 Å². The van der Waals surface area contributed by atoms with Gasteiger partial charge >= 0.3 is 0 Å². The highest BCUT2D eigenvalue weighted by molar-refractivity contribution is 5.24. The van der Waals surface area contributed by atoms with Gasteiger partial charge in [0.2, 0.25) is 0 Å². The second kappa shape index (κ2) is 6.80. The lowest BCUT2D eigenvalue weighted by molar-refractivity contribution is 0.453. The number of halogens is 2. The van der Waals surface area contributed by atoms with Crippen LogP contribution < -0.4 is 5.32 Å². The van der Waals surface area contributed by atoms with E-state index in [1.165, 1.54) is 0 Å². The normalized spacial score (nSPS) is 12.6. The molecule has 1 N–H and O–H groups in total. The van der Waals surface area contributed by atoms with Crippen LogP contribution in [0.25, 0.3) is 0 Å². The van der Waals surface area contributed by atoms with Crippen LogP contribution in [0, 0.1) is 18.6 Å². The monoisotopic (exact) mass is 293 g/mol. The number of aryl methyl sites for hydroxylation is 2. The van der Waals surface area contributed by atoms with Gasteiger partial charge in [-0.3, -0.25) is 4.68 Å². The lowest BCUT2D eigenvalue weighted by Crippen LogP contribution is -2.26. The summed E-state index contributed by atoms with van der Waals surface area (Å²) in [6.45, 7) is 4.71. The van der Waals surface area contributed by atoms with Crippen LogP contribution in [0.3, 0.4) is 0 Å². The molecule has 0 saturated heterocycles. The van der Waals surface area contributed by atoms with Crippen molar-refractivity contribution < 1.29 is 8.78 Å². The zero-order valence-electron chi connectivity index (χ0n) is 12.7. The van der Waals surface area contributed by atoms with E-state index in [9.17, 15) is 8.78 Å². The maximum atomic E-state index is 14.1. The van der Waals surface area contributed by atoms with Crippen LogP contribution in [0.15, 0.2) is 24.3 Å². The predicted octanol–water partition coefficient (Wildman–Crippen LogP) is 3.29. The molecule has 0 bridgehead atoms. The van der Waals surface area contributed by atoms with Crippen LogP contribution in [0.5, 0.6) is 0 Å². The quantitative estimate of drug-likeness (QED) is 0.885. The summed E-state index contributed by atoms with van der Waals surface area (Å²) in [7, 11) is 1.86. The number of hydrogen-bond acceptors (Lipinski definition) is 2. The Labute approximate surface area is 124 Å². The third kappa shape index (κ3) is 3.67. The minimum Gasteiger partial charge on any atom is -0.310 e. The highest BCUT2D eigenvalue weighted by atomic mass is 19.2. The summed E-state index contributed by atoms with van der Waals surface area (Å²) in [5.41, 5.74) is 2.27. The summed E-state index contributed by atoms with van der Waals surface area (Å²) < 4.78 is 29.3. The average molecular weight is 293 g/mol. The molecule has 0 spiro atoms. The first-order valence-electron chi connectivity index (χ1n) is 7.19. The number of nitrogens with one attached hydrogen (secondary N) is 1. The van der Waals surface area contributed by atoms with Crippen LogP contribution in [-0.4, -0.2) is 16.3 Å². The highest BCUT2D eigenvalue weighted by Crippen LogP contribution is 2.23. The molecule has 0 amide bonds. The van der Waals surface area contributed by atoms with Gasteiger partial charge in [-0.05, 0) is 32.0 Å². The topological polar surface area (TPSA) is 29.9 Å². The maximum Gasteiger partial charge on any atom is 0.163 e. The number of nitrogens with zero attached hydrogens (tertiary/aromatic N) is 2. The molecule has 0 aliphatic carbocycles. The first-order valence-corrected chi connectivity index (χ1v) is 7.19. The molecular weight excluding hydrogens is 272 g/mol. The molecule has 0 radical (unpaired) electrons. The minimum absolute atomic E-state index is 0.268. The van der Waals surface area contributed by atoms with E-state index in [0.717, 1.165) is 30.4 Å². The summed E-state index contributed by atoms with van der Waals surface area (Å²) in [5.74, 6) is -1.58. The Kier molecular flexibility index (Phi) is 5.07. The summed E-state index contributed by atoms with van der Waals surface area (Å²) >= 11 is 0. The Morgan fingerprint density at radius 2 is 2.10 bits per heavy atom. The first kappa shape index (κ1) is 15.6. The van der Waals surface area contributed by atoms with Crippen molar-refractivity contribution in [2.45, 2.75) is 32.7 Å². The van der Waals surface area contributed by atoms with Crippen molar-refractivity contribution in [3.05, 3.63) is 52.9 Å². The van der Waals surface area contributed by atoms with Crippen molar-refractivity contribution in [2.24, 2.45) is 7.05 Å².